The monoisotopic (exact) mass is 505 g/mol. The highest BCUT2D eigenvalue weighted by Gasteiger charge is 2.21. The normalized spacial score (nSPS) is 13.4. The van der Waals surface area contributed by atoms with Crippen LogP contribution in [-0.2, 0) is 29.4 Å². The van der Waals surface area contributed by atoms with Gasteiger partial charge in [0.15, 0.2) is 0 Å². The fraction of sp³-hybridized carbons (Fsp3) is 0.280. The zero-order valence-electron chi connectivity index (χ0n) is 20.2. The van der Waals surface area contributed by atoms with Gasteiger partial charge in [-0.3, -0.25) is 9.29 Å². The van der Waals surface area contributed by atoms with Crippen molar-refractivity contribution in [3.63, 3.8) is 0 Å². The summed E-state index contributed by atoms with van der Waals surface area (Å²) in [5.41, 5.74) is 5.68. The van der Waals surface area contributed by atoms with Crippen molar-refractivity contribution >= 4 is 45.0 Å². The van der Waals surface area contributed by atoms with Crippen molar-refractivity contribution in [2.75, 3.05) is 16.3 Å². The van der Waals surface area contributed by atoms with Gasteiger partial charge in [0, 0.05) is 23.2 Å². The second kappa shape index (κ2) is 9.57. The van der Waals surface area contributed by atoms with E-state index < -0.39 is 17.1 Å². The lowest BCUT2D eigenvalue weighted by Gasteiger charge is -2.21. The minimum atomic E-state index is -3.43. The fourth-order valence-electron chi connectivity index (χ4n) is 4.79. The number of fused-ring (bicyclic) bond motifs is 2. The molecule has 0 aliphatic heterocycles. The average Bonchev–Trinajstić information content (AvgIpc) is 3.18. The number of sulfonamides is 1. The molecule has 0 spiro atoms. The molecule has 0 fully saturated rings. The van der Waals surface area contributed by atoms with Crippen LogP contribution in [0.4, 0.5) is 11.5 Å². The lowest BCUT2D eigenvalue weighted by atomic mass is 9.79. The van der Waals surface area contributed by atoms with Crippen molar-refractivity contribution < 1.29 is 18.5 Å². The molecule has 4 N–H and O–H groups in total. The second-order valence-electron chi connectivity index (χ2n) is 9.21. The van der Waals surface area contributed by atoms with E-state index in [0.717, 1.165) is 71.2 Å². The Morgan fingerprint density at radius 3 is 2.61 bits per heavy atom. The quantitative estimate of drug-likeness (QED) is 0.284. The van der Waals surface area contributed by atoms with Crippen LogP contribution in [-0.4, -0.2) is 46.4 Å². The number of aromatic nitrogens is 3. The van der Waals surface area contributed by atoms with Crippen LogP contribution in [0.2, 0.25) is 0 Å². The first kappa shape index (κ1) is 24.3. The van der Waals surface area contributed by atoms with E-state index >= 15 is 0 Å². The average molecular weight is 505 g/mol. The number of benzene rings is 2. The molecule has 2 heterocycles. The van der Waals surface area contributed by atoms with Crippen molar-refractivity contribution in [2.45, 2.75) is 39.2 Å². The Labute approximate surface area is 210 Å². The third-order valence-electron chi connectivity index (χ3n) is 6.41. The maximum atomic E-state index is 11.9. The maximum absolute atomic E-state index is 11.9. The molecule has 36 heavy (non-hydrogen) atoms. The minimum Gasteiger partial charge on any atom is -0.423 e. The van der Waals surface area contributed by atoms with Crippen molar-refractivity contribution in [3.8, 4) is 5.95 Å². The number of hydrogen-bond acceptors (Lipinski definition) is 7. The molecule has 186 valence electrons. The maximum Gasteiger partial charge on any atom is 0.488 e. The van der Waals surface area contributed by atoms with Crippen molar-refractivity contribution in [1.82, 2.24) is 14.5 Å². The molecule has 0 saturated heterocycles. The van der Waals surface area contributed by atoms with Crippen molar-refractivity contribution in [2.24, 2.45) is 0 Å². The van der Waals surface area contributed by atoms with Gasteiger partial charge in [-0.25, -0.2) is 13.4 Å². The van der Waals surface area contributed by atoms with Gasteiger partial charge in [-0.1, -0.05) is 30.3 Å². The van der Waals surface area contributed by atoms with Gasteiger partial charge in [0.25, 0.3) is 0 Å². The first-order valence-corrected chi connectivity index (χ1v) is 13.8. The van der Waals surface area contributed by atoms with Crippen molar-refractivity contribution in [3.05, 3.63) is 71.0 Å². The molecule has 0 atom stereocenters. The van der Waals surface area contributed by atoms with Gasteiger partial charge >= 0.3 is 7.12 Å². The summed E-state index contributed by atoms with van der Waals surface area (Å²) in [5, 5.41) is 23.2. The van der Waals surface area contributed by atoms with E-state index in [2.05, 4.69) is 10.0 Å². The van der Waals surface area contributed by atoms with Crippen molar-refractivity contribution in [1.29, 1.82) is 0 Å². The van der Waals surface area contributed by atoms with Crippen LogP contribution in [0.3, 0.4) is 0 Å². The molecule has 1 aliphatic carbocycles. The summed E-state index contributed by atoms with van der Waals surface area (Å²) in [6.07, 6.45) is 5.03. The van der Waals surface area contributed by atoms with E-state index in [9.17, 15) is 18.5 Å². The molecule has 0 unspecified atom stereocenters. The molecule has 1 aliphatic rings. The highest BCUT2D eigenvalue weighted by molar-refractivity contribution is 7.92. The van der Waals surface area contributed by atoms with Crippen LogP contribution < -0.4 is 15.5 Å². The second-order valence-corrected chi connectivity index (χ2v) is 11.0. The van der Waals surface area contributed by atoms with Crippen LogP contribution in [0.5, 0.6) is 0 Å². The summed E-state index contributed by atoms with van der Waals surface area (Å²) in [7, 11) is -4.95. The predicted octanol–water partition coefficient (Wildman–Crippen LogP) is 2.27. The molecular formula is C25H28BN5O4S. The Kier molecular flexibility index (Phi) is 6.46. The molecule has 0 bridgehead atoms. The van der Waals surface area contributed by atoms with Crippen LogP contribution in [0.1, 0.15) is 35.4 Å². The first-order valence-electron chi connectivity index (χ1n) is 11.9. The van der Waals surface area contributed by atoms with Crippen LogP contribution in [0, 0.1) is 6.92 Å². The third-order valence-corrected chi connectivity index (χ3v) is 7.00. The van der Waals surface area contributed by atoms with Gasteiger partial charge < -0.3 is 15.4 Å². The largest absolute Gasteiger partial charge is 0.488 e. The highest BCUT2D eigenvalue weighted by Crippen LogP contribution is 2.32. The van der Waals surface area contributed by atoms with Gasteiger partial charge in [-0.15, -0.1) is 0 Å². The van der Waals surface area contributed by atoms with E-state index in [4.69, 9.17) is 9.97 Å². The van der Waals surface area contributed by atoms with Crippen LogP contribution >= 0.6 is 0 Å². The molecule has 9 nitrogen and oxygen atoms in total. The smallest absolute Gasteiger partial charge is 0.423 e. The topological polar surface area (TPSA) is 129 Å². The van der Waals surface area contributed by atoms with E-state index in [1.807, 2.05) is 35.8 Å². The molecule has 11 heteroatoms. The van der Waals surface area contributed by atoms with Gasteiger partial charge in [0.2, 0.25) is 16.0 Å². The Balaban J connectivity index is 1.56. The van der Waals surface area contributed by atoms with Gasteiger partial charge in [0.1, 0.15) is 5.82 Å². The number of nitrogens with one attached hydrogen (secondary N) is 2. The molecule has 0 amide bonds. The molecule has 0 saturated carbocycles. The number of aryl methyl sites for hydroxylation is 2. The fourth-order valence-corrected chi connectivity index (χ4v) is 5.37. The van der Waals surface area contributed by atoms with E-state index in [1.165, 1.54) is 0 Å². The highest BCUT2D eigenvalue weighted by atomic mass is 32.2. The molecule has 2 aromatic carbocycles. The Morgan fingerprint density at radius 2 is 1.83 bits per heavy atom. The Hall–Kier alpha value is -3.41. The Morgan fingerprint density at radius 1 is 1.06 bits per heavy atom. The predicted molar refractivity (Wildman–Crippen MR) is 142 cm³/mol. The summed E-state index contributed by atoms with van der Waals surface area (Å²) in [4.78, 5) is 9.85. The summed E-state index contributed by atoms with van der Waals surface area (Å²) in [6, 6.07) is 14.6. The molecule has 5 rings (SSSR count). The van der Waals surface area contributed by atoms with Gasteiger partial charge in [-0.05, 0) is 61.8 Å². The molecule has 2 aromatic heterocycles. The van der Waals surface area contributed by atoms with E-state index in [-0.39, 0.29) is 0 Å². The first-order chi connectivity index (χ1) is 17.2. The molecule has 0 radical (unpaired) electrons. The molecule has 4 aromatic rings. The van der Waals surface area contributed by atoms with E-state index in [0.29, 0.717) is 23.6 Å². The number of rotatable bonds is 7. The zero-order valence-corrected chi connectivity index (χ0v) is 21.0. The Bertz CT molecular complexity index is 1550. The summed E-state index contributed by atoms with van der Waals surface area (Å²) in [6.45, 7) is 2.42. The van der Waals surface area contributed by atoms with Gasteiger partial charge in [-0.2, -0.15) is 4.98 Å². The summed E-state index contributed by atoms with van der Waals surface area (Å²) < 4.78 is 28.3. The van der Waals surface area contributed by atoms with E-state index in [1.54, 1.807) is 24.3 Å². The number of hydrogen-bond donors (Lipinski definition) is 4. The molecular weight excluding hydrogens is 477 g/mol. The SMILES string of the molecule is Cc1cc2c(NS(C)(=O)=O)cccc2n1-c1nc2c(c(NCc3cccc(B(O)O)c3)n1)CCCC2. The zero-order chi connectivity index (χ0) is 25.4. The minimum absolute atomic E-state index is 0.438. The standard InChI is InChI=1S/C25H28BN5O4S/c1-16-13-20-22(30-36(2,34)35)11-6-12-23(20)31(16)25-28-21-10-4-3-9-19(21)24(29-25)27-15-17-7-5-8-18(14-17)26(32)33/h5-8,11-14,30,32-33H,3-4,9-10,15H2,1-2H3,(H,27,28,29). The number of anilines is 2. The summed E-state index contributed by atoms with van der Waals surface area (Å²) >= 11 is 0. The van der Waals surface area contributed by atoms with Gasteiger partial charge in [0.05, 0.1) is 23.2 Å². The number of nitrogens with zero attached hydrogens (tertiary/aromatic N) is 3. The lowest BCUT2D eigenvalue weighted by Crippen LogP contribution is -2.30. The third kappa shape index (κ3) is 4.95. The van der Waals surface area contributed by atoms with Crippen LogP contribution in [0.15, 0.2) is 48.5 Å². The summed E-state index contributed by atoms with van der Waals surface area (Å²) in [5.74, 6) is 1.29. The lowest BCUT2D eigenvalue weighted by molar-refractivity contribution is 0.425. The van der Waals surface area contributed by atoms with Crippen LogP contribution in [0.25, 0.3) is 16.9 Å².